The fourth-order valence-corrected chi connectivity index (χ4v) is 2.74. The monoisotopic (exact) mass is 293 g/mol. The minimum Gasteiger partial charge on any atom is -0.496 e. The van der Waals surface area contributed by atoms with Crippen LogP contribution in [0.3, 0.4) is 0 Å². The Hall–Kier alpha value is -1.59. The first-order valence-corrected chi connectivity index (χ1v) is 7.31. The summed E-state index contributed by atoms with van der Waals surface area (Å²) >= 11 is 0. The van der Waals surface area contributed by atoms with Crippen molar-refractivity contribution in [3.8, 4) is 5.75 Å². The number of hydrogen-bond donors (Lipinski definition) is 1. The number of rotatable bonds is 5. The van der Waals surface area contributed by atoms with E-state index in [2.05, 4.69) is 18.7 Å². The number of carboxylic acid groups (broad SMARTS) is 1. The topological polar surface area (TPSA) is 59.0 Å². The summed E-state index contributed by atoms with van der Waals surface area (Å²) in [5.41, 5.74) is 1.20. The Morgan fingerprint density at radius 2 is 2.29 bits per heavy atom. The van der Waals surface area contributed by atoms with E-state index in [1.165, 1.54) is 0 Å². The van der Waals surface area contributed by atoms with Gasteiger partial charge in [-0.1, -0.05) is 6.92 Å². The van der Waals surface area contributed by atoms with Gasteiger partial charge in [-0.15, -0.1) is 0 Å². The molecule has 2 atom stereocenters. The van der Waals surface area contributed by atoms with Crippen LogP contribution in [-0.4, -0.2) is 48.4 Å². The lowest BCUT2D eigenvalue weighted by Gasteiger charge is -2.38. The molecule has 0 saturated carbocycles. The van der Waals surface area contributed by atoms with Crippen molar-refractivity contribution in [2.75, 3.05) is 20.3 Å². The zero-order valence-corrected chi connectivity index (χ0v) is 12.8. The summed E-state index contributed by atoms with van der Waals surface area (Å²) in [4.78, 5) is 13.5. The van der Waals surface area contributed by atoms with Crippen molar-refractivity contribution in [1.29, 1.82) is 0 Å². The highest BCUT2D eigenvalue weighted by molar-refractivity contribution is 5.88. The molecule has 5 heteroatoms. The second kappa shape index (κ2) is 6.91. The first kappa shape index (κ1) is 15.8. The van der Waals surface area contributed by atoms with Gasteiger partial charge in [0.1, 0.15) is 5.75 Å². The molecule has 0 radical (unpaired) electrons. The van der Waals surface area contributed by atoms with E-state index in [0.29, 0.717) is 18.2 Å². The van der Waals surface area contributed by atoms with Crippen LogP contribution >= 0.6 is 0 Å². The van der Waals surface area contributed by atoms with Crippen LogP contribution in [0, 0.1) is 0 Å². The Labute approximate surface area is 125 Å². The molecular formula is C16H23NO4. The molecule has 1 aromatic rings. The number of carboxylic acids is 1. The number of methoxy groups -OCH3 is 1. The van der Waals surface area contributed by atoms with Crippen LogP contribution in [0.15, 0.2) is 18.2 Å². The molecule has 5 nitrogen and oxygen atoms in total. The second-order valence-electron chi connectivity index (χ2n) is 5.47. The van der Waals surface area contributed by atoms with Crippen molar-refractivity contribution in [2.45, 2.75) is 39.0 Å². The summed E-state index contributed by atoms with van der Waals surface area (Å²) in [5.74, 6) is -0.185. The van der Waals surface area contributed by atoms with Crippen LogP contribution in [-0.2, 0) is 11.3 Å². The third-order valence-electron chi connectivity index (χ3n) is 3.95. The molecule has 0 spiro atoms. The van der Waals surface area contributed by atoms with Crippen molar-refractivity contribution in [1.82, 2.24) is 4.90 Å². The number of nitrogens with zero attached hydrogens (tertiary/aromatic N) is 1. The summed E-state index contributed by atoms with van der Waals surface area (Å²) in [6, 6.07) is 5.36. The largest absolute Gasteiger partial charge is 0.496 e. The van der Waals surface area contributed by atoms with Gasteiger partial charge < -0.3 is 14.6 Å². The molecule has 2 rings (SSSR count). The number of hydrogen-bond acceptors (Lipinski definition) is 4. The van der Waals surface area contributed by atoms with E-state index in [4.69, 9.17) is 14.6 Å². The van der Waals surface area contributed by atoms with Crippen LogP contribution in [0.2, 0.25) is 0 Å². The van der Waals surface area contributed by atoms with Crippen LogP contribution in [0.25, 0.3) is 0 Å². The molecule has 116 valence electrons. The van der Waals surface area contributed by atoms with Gasteiger partial charge in [-0.05, 0) is 31.5 Å². The third-order valence-corrected chi connectivity index (χ3v) is 3.95. The maximum Gasteiger partial charge on any atom is 0.335 e. The van der Waals surface area contributed by atoms with E-state index in [9.17, 15) is 4.79 Å². The average Bonchev–Trinajstić information content (AvgIpc) is 2.47. The fourth-order valence-electron chi connectivity index (χ4n) is 2.74. The molecule has 21 heavy (non-hydrogen) atoms. The first-order valence-electron chi connectivity index (χ1n) is 7.31. The highest BCUT2D eigenvalue weighted by Crippen LogP contribution is 2.25. The Kier molecular flexibility index (Phi) is 5.20. The quantitative estimate of drug-likeness (QED) is 0.903. The van der Waals surface area contributed by atoms with E-state index in [1.54, 1.807) is 25.3 Å². The summed E-state index contributed by atoms with van der Waals surface area (Å²) < 4.78 is 11.1. The zero-order chi connectivity index (χ0) is 15.4. The standard InChI is InChI=1S/C16H23NO4/c1-4-14-10-21-11(2)8-17(14)9-13-7-12(16(18)19)5-6-15(13)20-3/h5-7,11,14H,4,8-10H2,1-3H3,(H,18,19). The van der Waals surface area contributed by atoms with Gasteiger partial charge in [0, 0.05) is 24.7 Å². The number of morpholine rings is 1. The minimum absolute atomic E-state index is 0.196. The molecule has 1 aliphatic heterocycles. The van der Waals surface area contributed by atoms with Crippen molar-refractivity contribution < 1.29 is 19.4 Å². The van der Waals surface area contributed by atoms with Crippen molar-refractivity contribution in [3.05, 3.63) is 29.3 Å². The molecule has 1 aromatic carbocycles. The molecule has 0 bridgehead atoms. The summed E-state index contributed by atoms with van der Waals surface area (Å²) in [7, 11) is 1.61. The van der Waals surface area contributed by atoms with E-state index in [1.807, 2.05) is 0 Å². The number of ether oxygens (including phenoxy) is 2. The normalized spacial score (nSPS) is 23.0. The Morgan fingerprint density at radius 3 is 2.90 bits per heavy atom. The van der Waals surface area contributed by atoms with Crippen LogP contribution < -0.4 is 4.74 Å². The van der Waals surface area contributed by atoms with Gasteiger partial charge in [0.25, 0.3) is 0 Å². The lowest BCUT2D eigenvalue weighted by atomic mass is 10.1. The van der Waals surface area contributed by atoms with Gasteiger partial charge in [-0.2, -0.15) is 0 Å². The molecule has 1 fully saturated rings. The summed E-state index contributed by atoms with van der Waals surface area (Å²) in [6.45, 7) is 6.44. The van der Waals surface area contributed by atoms with E-state index < -0.39 is 5.97 Å². The van der Waals surface area contributed by atoms with Gasteiger partial charge >= 0.3 is 5.97 Å². The zero-order valence-electron chi connectivity index (χ0n) is 12.8. The van der Waals surface area contributed by atoms with Gasteiger partial charge in [-0.25, -0.2) is 4.79 Å². The predicted molar refractivity (Wildman–Crippen MR) is 79.9 cm³/mol. The predicted octanol–water partition coefficient (Wildman–Crippen LogP) is 2.39. The maximum absolute atomic E-state index is 11.1. The Bertz CT molecular complexity index is 503. The highest BCUT2D eigenvalue weighted by atomic mass is 16.5. The molecule has 1 N–H and O–H groups in total. The van der Waals surface area contributed by atoms with Crippen molar-refractivity contribution in [3.63, 3.8) is 0 Å². The smallest absolute Gasteiger partial charge is 0.335 e. The number of aromatic carboxylic acids is 1. The first-order chi connectivity index (χ1) is 10.0. The van der Waals surface area contributed by atoms with E-state index in [-0.39, 0.29) is 6.10 Å². The van der Waals surface area contributed by atoms with Gasteiger partial charge in [-0.3, -0.25) is 4.90 Å². The van der Waals surface area contributed by atoms with Crippen molar-refractivity contribution in [2.24, 2.45) is 0 Å². The number of benzene rings is 1. The lowest BCUT2D eigenvalue weighted by molar-refractivity contribution is -0.0593. The molecule has 0 aromatic heterocycles. The highest BCUT2D eigenvalue weighted by Gasteiger charge is 2.26. The van der Waals surface area contributed by atoms with Gasteiger partial charge in [0.15, 0.2) is 0 Å². The summed E-state index contributed by atoms with van der Waals surface area (Å²) in [5, 5.41) is 9.14. The Morgan fingerprint density at radius 1 is 1.52 bits per heavy atom. The second-order valence-corrected chi connectivity index (χ2v) is 5.47. The van der Waals surface area contributed by atoms with Crippen molar-refractivity contribution >= 4 is 5.97 Å². The van der Waals surface area contributed by atoms with Crippen LogP contribution in [0.4, 0.5) is 0 Å². The average molecular weight is 293 g/mol. The molecule has 0 aliphatic carbocycles. The molecule has 1 aliphatic rings. The van der Waals surface area contributed by atoms with Crippen LogP contribution in [0.5, 0.6) is 5.75 Å². The van der Waals surface area contributed by atoms with Gasteiger partial charge in [0.05, 0.1) is 25.4 Å². The molecule has 0 amide bonds. The summed E-state index contributed by atoms with van der Waals surface area (Å²) in [6.07, 6.45) is 1.20. The Balaban J connectivity index is 2.23. The molecule has 1 heterocycles. The van der Waals surface area contributed by atoms with Gasteiger partial charge in [0.2, 0.25) is 0 Å². The maximum atomic E-state index is 11.1. The lowest BCUT2D eigenvalue weighted by Crippen LogP contribution is -2.47. The third kappa shape index (κ3) is 3.74. The SMILES string of the molecule is CCC1COC(C)CN1Cc1cc(C(=O)O)ccc1OC. The fraction of sp³-hybridized carbons (Fsp3) is 0.562. The number of carbonyl (C=O) groups is 1. The minimum atomic E-state index is -0.915. The molecule has 1 saturated heterocycles. The molecule has 2 unspecified atom stereocenters. The van der Waals surface area contributed by atoms with Crippen LogP contribution in [0.1, 0.15) is 36.2 Å². The van der Waals surface area contributed by atoms with E-state index >= 15 is 0 Å². The molecular weight excluding hydrogens is 270 g/mol. The van der Waals surface area contributed by atoms with E-state index in [0.717, 1.165) is 30.9 Å².